The van der Waals surface area contributed by atoms with E-state index in [1.54, 1.807) is 24.3 Å². The van der Waals surface area contributed by atoms with Crippen molar-refractivity contribution in [3.05, 3.63) is 86.2 Å². The molecule has 0 bridgehead atoms. The molecule has 3 aromatic carbocycles. The summed E-state index contributed by atoms with van der Waals surface area (Å²) in [6.45, 7) is 0.198. The Hall–Kier alpha value is -0.920. The van der Waals surface area contributed by atoms with Crippen LogP contribution in [0.2, 0.25) is 0 Å². The number of phenols is 1. The monoisotopic (exact) mass is 612 g/mol. The molecule has 0 amide bonds. The Kier molecular flexibility index (Phi) is 13.4. The Bertz CT molecular complexity index is 717. The average molecular weight is 616 g/mol. The maximum Gasteiger partial charge on any atom is 0.230 e. The second kappa shape index (κ2) is 15.0. The van der Waals surface area contributed by atoms with E-state index in [1.165, 1.54) is 0 Å². The van der Waals surface area contributed by atoms with Crippen LogP contribution in [0.25, 0.3) is 0 Å². The highest BCUT2D eigenvalue weighted by Gasteiger charge is 1.96. The Balaban J connectivity index is 0.000000296. The van der Waals surface area contributed by atoms with Gasteiger partial charge in [-0.3, -0.25) is 0 Å². The zero-order chi connectivity index (χ0) is 20.8. The second-order valence-electron chi connectivity index (χ2n) is 4.89. The summed E-state index contributed by atoms with van der Waals surface area (Å²) in [5.74, 6) is 1.86. The van der Waals surface area contributed by atoms with Gasteiger partial charge in [0.1, 0.15) is 17.2 Å². The number of rotatable bonds is 4. The zero-order valence-electron chi connectivity index (χ0n) is 14.5. The van der Waals surface area contributed by atoms with E-state index in [0.29, 0.717) is 5.75 Å². The molecule has 0 fully saturated rings. The molecule has 8 heteroatoms. The standard InChI is InChI=1S/C13H10Br2O2.C6H5BrO.CH2Cl2/c14-10-1-5-12(6-2-10)16-9-17-13-7-3-11(15)4-8-13;7-5-1-3-6(8)4-2-5;2-1-3/h1-8H,9H2;1-4,8H;1H2. The van der Waals surface area contributed by atoms with Crippen LogP contribution in [0.1, 0.15) is 0 Å². The fraction of sp³-hybridized carbons (Fsp3) is 0.100. The first kappa shape index (κ1) is 25.1. The molecule has 0 spiro atoms. The first-order valence-corrected chi connectivity index (χ1v) is 11.2. The molecule has 3 nitrogen and oxygen atoms in total. The average Bonchev–Trinajstić information content (AvgIpc) is 2.68. The predicted octanol–water partition coefficient (Wildman–Crippen LogP) is 8.20. The number of benzene rings is 3. The second-order valence-corrected chi connectivity index (χ2v) is 8.45. The van der Waals surface area contributed by atoms with E-state index < -0.39 is 0 Å². The van der Waals surface area contributed by atoms with Crippen molar-refractivity contribution < 1.29 is 14.6 Å². The molecule has 0 atom stereocenters. The quantitative estimate of drug-likeness (QED) is 0.238. The predicted molar refractivity (Wildman–Crippen MR) is 127 cm³/mol. The molecule has 3 aromatic rings. The third-order valence-electron chi connectivity index (χ3n) is 2.91. The summed E-state index contributed by atoms with van der Waals surface area (Å²) in [7, 11) is 0. The van der Waals surface area contributed by atoms with Crippen molar-refractivity contribution in [3.63, 3.8) is 0 Å². The van der Waals surface area contributed by atoms with E-state index in [4.69, 9.17) is 37.8 Å². The van der Waals surface area contributed by atoms with Crippen molar-refractivity contribution in [1.82, 2.24) is 0 Å². The Labute approximate surface area is 200 Å². The van der Waals surface area contributed by atoms with Gasteiger partial charge in [-0.1, -0.05) is 47.8 Å². The molecule has 0 saturated carbocycles. The highest BCUT2D eigenvalue weighted by atomic mass is 79.9. The number of phenolic OH excluding ortho intramolecular Hbond substituents is 1. The van der Waals surface area contributed by atoms with Gasteiger partial charge >= 0.3 is 0 Å². The molecule has 0 unspecified atom stereocenters. The minimum Gasteiger partial charge on any atom is -0.508 e. The maximum absolute atomic E-state index is 8.74. The molecule has 0 saturated heterocycles. The number of hydrogen-bond donors (Lipinski definition) is 1. The van der Waals surface area contributed by atoms with E-state index in [2.05, 4.69) is 47.8 Å². The summed E-state index contributed by atoms with van der Waals surface area (Å²) >= 11 is 19.5. The lowest BCUT2D eigenvalue weighted by Gasteiger charge is -2.08. The van der Waals surface area contributed by atoms with Gasteiger partial charge in [0.05, 0.1) is 5.34 Å². The number of halogens is 5. The summed E-state index contributed by atoms with van der Waals surface area (Å²) in [4.78, 5) is 0. The molecule has 28 heavy (non-hydrogen) atoms. The lowest BCUT2D eigenvalue weighted by molar-refractivity contribution is 0.120. The van der Waals surface area contributed by atoms with E-state index in [9.17, 15) is 0 Å². The Morgan fingerprint density at radius 1 is 0.607 bits per heavy atom. The maximum atomic E-state index is 8.74. The summed E-state index contributed by atoms with van der Waals surface area (Å²) < 4.78 is 13.9. The topological polar surface area (TPSA) is 38.7 Å². The first-order chi connectivity index (χ1) is 13.4. The minimum absolute atomic E-state index is 0.194. The van der Waals surface area contributed by atoms with Crippen LogP contribution in [0.15, 0.2) is 86.2 Å². The number of alkyl halides is 2. The number of hydrogen-bond acceptors (Lipinski definition) is 3. The van der Waals surface area contributed by atoms with Gasteiger partial charge in [-0.05, 0) is 72.8 Å². The smallest absolute Gasteiger partial charge is 0.230 e. The van der Waals surface area contributed by atoms with Crippen LogP contribution >= 0.6 is 71.0 Å². The molecule has 0 heterocycles. The van der Waals surface area contributed by atoms with Crippen molar-refractivity contribution in [2.75, 3.05) is 12.1 Å². The Morgan fingerprint density at radius 2 is 0.893 bits per heavy atom. The van der Waals surface area contributed by atoms with Gasteiger partial charge in [-0.25, -0.2) is 0 Å². The number of ether oxygens (including phenoxy) is 2. The lowest BCUT2D eigenvalue weighted by Crippen LogP contribution is -2.05. The van der Waals surface area contributed by atoms with Gasteiger partial charge in [0.2, 0.25) is 6.79 Å². The summed E-state index contributed by atoms with van der Waals surface area (Å²) in [5.41, 5.74) is 0. The first-order valence-electron chi connectivity index (χ1n) is 7.77. The molecule has 0 aliphatic rings. The number of aromatic hydroxyl groups is 1. The molecule has 1 N–H and O–H groups in total. The normalized spacial score (nSPS) is 9.32. The molecule has 0 radical (unpaired) electrons. The van der Waals surface area contributed by atoms with Crippen molar-refractivity contribution in [3.8, 4) is 17.2 Å². The van der Waals surface area contributed by atoms with Gasteiger partial charge in [-0.2, -0.15) is 0 Å². The molecule has 150 valence electrons. The molecular formula is C20H17Br3Cl2O3. The highest BCUT2D eigenvalue weighted by molar-refractivity contribution is 9.11. The van der Waals surface area contributed by atoms with Gasteiger partial charge in [0, 0.05) is 13.4 Å². The molecule has 0 aliphatic carbocycles. The van der Waals surface area contributed by atoms with Crippen LogP contribution in [0, 0.1) is 0 Å². The van der Waals surface area contributed by atoms with E-state index in [-0.39, 0.29) is 12.1 Å². The molecule has 0 aliphatic heterocycles. The van der Waals surface area contributed by atoms with Crippen LogP contribution in [0.5, 0.6) is 17.2 Å². The van der Waals surface area contributed by atoms with Gasteiger partial charge < -0.3 is 14.6 Å². The van der Waals surface area contributed by atoms with Crippen LogP contribution in [0.3, 0.4) is 0 Å². The van der Waals surface area contributed by atoms with Gasteiger partial charge in [-0.15, -0.1) is 23.2 Å². The summed E-state index contributed by atoms with van der Waals surface area (Å²) in [5, 5.41) is 8.93. The zero-order valence-corrected chi connectivity index (χ0v) is 20.8. The fourth-order valence-corrected chi connectivity index (χ4v) is 2.46. The molecule has 0 aromatic heterocycles. The van der Waals surface area contributed by atoms with E-state index >= 15 is 0 Å². The van der Waals surface area contributed by atoms with Crippen LogP contribution in [-0.4, -0.2) is 17.2 Å². The SMILES string of the molecule is Brc1ccc(OCOc2ccc(Br)cc2)cc1.ClCCl.Oc1ccc(Br)cc1. The third-order valence-corrected chi connectivity index (χ3v) is 4.49. The van der Waals surface area contributed by atoms with Crippen LogP contribution in [0.4, 0.5) is 0 Å². The third kappa shape index (κ3) is 11.8. The molecule has 3 rings (SSSR count). The summed E-state index contributed by atoms with van der Waals surface area (Å²) in [6.07, 6.45) is 0. The fourth-order valence-electron chi connectivity index (χ4n) is 1.67. The van der Waals surface area contributed by atoms with E-state index in [1.807, 2.05) is 48.5 Å². The van der Waals surface area contributed by atoms with Crippen molar-refractivity contribution in [2.45, 2.75) is 0 Å². The van der Waals surface area contributed by atoms with Crippen LogP contribution < -0.4 is 9.47 Å². The van der Waals surface area contributed by atoms with Crippen LogP contribution in [-0.2, 0) is 0 Å². The minimum atomic E-state index is 0.194. The van der Waals surface area contributed by atoms with Crippen molar-refractivity contribution in [1.29, 1.82) is 0 Å². The van der Waals surface area contributed by atoms with Gasteiger partial charge in [0.25, 0.3) is 0 Å². The molecular weight excluding hydrogens is 599 g/mol. The van der Waals surface area contributed by atoms with Gasteiger partial charge in [0.15, 0.2) is 0 Å². The largest absolute Gasteiger partial charge is 0.508 e. The summed E-state index contributed by atoms with van der Waals surface area (Å²) in [6, 6.07) is 22.1. The van der Waals surface area contributed by atoms with E-state index in [0.717, 1.165) is 24.9 Å². The Morgan fingerprint density at radius 3 is 1.18 bits per heavy atom. The highest BCUT2D eigenvalue weighted by Crippen LogP contribution is 2.18. The van der Waals surface area contributed by atoms with Crippen molar-refractivity contribution in [2.24, 2.45) is 0 Å². The van der Waals surface area contributed by atoms with Crippen molar-refractivity contribution >= 4 is 71.0 Å². The lowest BCUT2D eigenvalue weighted by atomic mass is 10.3.